The molecule has 0 bridgehead atoms. The highest BCUT2D eigenvalue weighted by Crippen LogP contribution is 2.28. The summed E-state index contributed by atoms with van der Waals surface area (Å²) in [5.41, 5.74) is 5.62. The van der Waals surface area contributed by atoms with E-state index in [1.54, 1.807) is 12.1 Å². The summed E-state index contributed by atoms with van der Waals surface area (Å²) in [7, 11) is 0. The summed E-state index contributed by atoms with van der Waals surface area (Å²) in [4.78, 5) is 19.8. The van der Waals surface area contributed by atoms with Gasteiger partial charge in [-0.1, -0.05) is 29.8 Å². The average Bonchev–Trinajstić information content (AvgIpc) is 3.24. The topological polar surface area (TPSA) is 61.9 Å². The van der Waals surface area contributed by atoms with Gasteiger partial charge in [0.1, 0.15) is 5.82 Å². The third-order valence-corrected chi connectivity index (χ3v) is 6.22. The number of hydrogen-bond acceptors (Lipinski definition) is 3. The van der Waals surface area contributed by atoms with Gasteiger partial charge < -0.3 is 4.90 Å². The summed E-state index contributed by atoms with van der Waals surface area (Å²) >= 11 is 0. The number of H-pyrrole nitrogens is 1. The van der Waals surface area contributed by atoms with Crippen LogP contribution in [-0.4, -0.2) is 39.1 Å². The third kappa shape index (κ3) is 4.13. The molecule has 0 spiro atoms. The molecule has 1 fully saturated rings. The molecular weight excluding hydrogens is 403 g/mol. The van der Waals surface area contributed by atoms with Crippen molar-refractivity contribution < 1.29 is 9.18 Å². The first kappa shape index (κ1) is 20.4. The molecule has 2 aromatic heterocycles. The van der Waals surface area contributed by atoms with E-state index in [0.717, 1.165) is 52.7 Å². The van der Waals surface area contributed by atoms with Crippen molar-refractivity contribution in [2.24, 2.45) is 0 Å². The van der Waals surface area contributed by atoms with Crippen LogP contribution >= 0.6 is 0 Å². The van der Waals surface area contributed by atoms with Crippen LogP contribution in [0.15, 0.2) is 60.8 Å². The minimum atomic E-state index is -0.225. The molecule has 1 atom stereocenters. The van der Waals surface area contributed by atoms with Gasteiger partial charge in [0.2, 0.25) is 0 Å². The minimum Gasteiger partial charge on any atom is -0.337 e. The minimum absolute atomic E-state index is 0.0283. The van der Waals surface area contributed by atoms with Crippen LogP contribution in [-0.2, 0) is 6.42 Å². The van der Waals surface area contributed by atoms with Crippen molar-refractivity contribution in [2.45, 2.75) is 32.1 Å². The number of piperidine rings is 1. The van der Waals surface area contributed by atoms with Crippen LogP contribution in [0, 0.1) is 12.7 Å². The Bertz CT molecular complexity index is 1250. The second-order valence-corrected chi connectivity index (χ2v) is 8.61. The predicted molar refractivity (Wildman–Crippen MR) is 122 cm³/mol. The Labute approximate surface area is 186 Å². The zero-order valence-electron chi connectivity index (χ0n) is 18.0. The number of fused-ring (bicyclic) bond motifs is 1. The highest BCUT2D eigenvalue weighted by molar-refractivity contribution is 6.04. The Kier molecular flexibility index (Phi) is 5.43. The Balaban J connectivity index is 1.29. The lowest BCUT2D eigenvalue weighted by Crippen LogP contribution is -2.39. The van der Waals surface area contributed by atoms with Gasteiger partial charge in [0, 0.05) is 36.3 Å². The number of amides is 1. The number of aromatic amines is 1. The second-order valence-electron chi connectivity index (χ2n) is 8.61. The number of nitrogens with one attached hydrogen (secondary N) is 1. The van der Waals surface area contributed by atoms with Crippen molar-refractivity contribution in [3.05, 3.63) is 94.7 Å². The van der Waals surface area contributed by atoms with Crippen LogP contribution in [0.1, 0.15) is 51.6 Å². The maximum Gasteiger partial charge on any atom is 0.275 e. The number of rotatable bonds is 4. The molecule has 1 aliphatic rings. The summed E-state index contributed by atoms with van der Waals surface area (Å²) in [5.74, 6) is -0.0458. The first-order valence-electron chi connectivity index (χ1n) is 11.0. The van der Waals surface area contributed by atoms with Crippen LogP contribution in [0.4, 0.5) is 4.39 Å². The van der Waals surface area contributed by atoms with Gasteiger partial charge in [-0.15, -0.1) is 0 Å². The SMILES string of the molecule is Cc1ccc2[nH]nc(C(=O)N3CCCC(c4ccc(Cc5ccc(F)cc5)cn4)C3)c2c1. The molecule has 1 aliphatic heterocycles. The first-order valence-corrected chi connectivity index (χ1v) is 11.0. The van der Waals surface area contributed by atoms with E-state index in [1.165, 1.54) is 12.1 Å². The molecule has 0 aliphatic carbocycles. The third-order valence-electron chi connectivity index (χ3n) is 6.22. The maximum atomic E-state index is 13.2. The monoisotopic (exact) mass is 428 g/mol. The number of pyridine rings is 1. The van der Waals surface area contributed by atoms with E-state index in [0.29, 0.717) is 18.7 Å². The molecule has 1 amide bonds. The molecule has 3 heterocycles. The molecule has 0 radical (unpaired) electrons. The van der Waals surface area contributed by atoms with Crippen LogP contribution in [0.2, 0.25) is 0 Å². The largest absolute Gasteiger partial charge is 0.337 e. The van der Waals surface area contributed by atoms with Gasteiger partial charge in [-0.25, -0.2) is 4.39 Å². The number of likely N-dealkylation sites (tertiary alicyclic amines) is 1. The number of benzene rings is 2. The van der Waals surface area contributed by atoms with E-state index < -0.39 is 0 Å². The molecule has 6 heteroatoms. The molecular formula is C26H25FN4O. The lowest BCUT2D eigenvalue weighted by atomic mass is 9.93. The molecule has 0 saturated carbocycles. The Morgan fingerprint density at radius 3 is 2.72 bits per heavy atom. The van der Waals surface area contributed by atoms with Gasteiger partial charge in [-0.3, -0.25) is 14.9 Å². The Morgan fingerprint density at radius 2 is 1.94 bits per heavy atom. The van der Waals surface area contributed by atoms with Gasteiger partial charge in [0.15, 0.2) is 5.69 Å². The van der Waals surface area contributed by atoms with Crippen LogP contribution < -0.4 is 0 Å². The lowest BCUT2D eigenvalue weighted by Gasteiger charge is -2.32. The van der Waals surface area contributed by atoms with Crippen LogP contribution in [0.3, 0.4) is 0 Å². The van der Waals surface area contributed by atoms with Crippen LogP contribution in [0.5, 0.6) is 0 Å². The molecule has 162 valence electrons. The van der Waals surface area contributed by atoms with Gasteiger partial charge in [0.05, 0.1) is 5.52 Å². The highest BCUT2D eigenvalue weighted by atomic mass is 19.1. The van der Waals surface area contributed by atoms with Crippen molar-refractivity contribution in [1.29, 1.82) is 0 Å². The second kappa shape index (κ2) is 8.54. The molecule has 1 saturated heterocycles. The summed E-state index contributed by atoms with van der Waals surface area (Å²) < 4.78 is 13.1. The van der Waals surface area contributed by atoms with Gasteiger partial charge in [-0.2, -0.15) is 5.10 Å². The fourth-order valence-electron chi connectivity index (χ4n) is 4.46. The standard InChI is InChI=1S/C26H25FN4O/c1-17-4-10-24-22(13-17)25(30-29-24)26(32)31-12-2-3-20(16-31)23-11-7-19(15-28-23)14-18-5-8-21(27)9-6-18/h4-11,13,15,20H,2-3,12,14,16H2,1H3,(H,29,30). The fourth-order valence-corrected chi connectivity index (χ4v) is 4.46. The zero-order valence-corrected chi connectivity index (χ0v) is 18.0. The number of hydrogen-bond donors (Lipinski definition) is 1. The number of carbonyl (C=O) groups excluding carboxylic acids is 1. The van der Waals surface area contributed by atoms with Crippen molar-refractivity contribution in [3.63, 3.8) is 0 Å². The van der Waals surface area contributed by atoms with E-state index in [-0.39, 0.29) is 17.6 Å². The van der Waals surface area contributed by atoms with E-state index in [2.05, 4.69) is 22.3 Å². The summed E-state index contributed by atoms with van der Waals surface area (Å²) in [6, 6.07) is 16.7. The van der Waals surface area contributed by atoms with E-state index in [1.807, 2.05) is 36.2 Å². The molecule has 5 nitrogen and oxygen atoms in total. The molecule has 2 aromatic carbocycles. The van der Waals surface area contributed by atoms with Crippen molar-refractivity contribution in [1.82, 2.24) is 20.1 Å². The number of aryl methyl sites for hydroxylation is 1. The fraction of sp³-hybridized carbons (Fsp3) is 0.269. The van der Waals surface area contributed by atoms with E-state index in [4.69, 9.17) is 4.98 Å². The Morgan fingerprint density at radius 1 is 1.12 bits per heavy atom. The molecule has 1 unspecified atom stereocenters. The molecule has 5 rings (SSSR count). The normalized spacial score (nSPS) is 16.4. The lowest BCUT2D eigenvalue weighted by molar-refractivity contribution is 0.0702. The smallest absolute Gasteiger partial charge is 0.275 e. The molecule has 4 aromatic rings. The summed E-state index contributed by atoms with van der Waals surface area (Å²) in [6.07, 6.45) is 4.56. The van der Waals surface area contributed by atoms with Gasteiger partial charge in [0.25, 0.3) is 5.91 Å². The van der Waals surface area contributed by atoms with Crippen molar-refractivity contribution in [2.75, 3.05) is 13.1 Å². The van der Waals surface area contributed by atoms with E-state index in [9.17, 15) is 9.18 Å². The number of aromatic nitrogens is 3. The Hall–Kier alpha value is -3.54. The number of nitrogens with zero attached hydrogens (tertiary/aromatic N) is 3. The van der Waals surface area contributed by atoms with Crippen LogP contribution in [0.25, 0.3) is 10.9 Å². The number of carbonyl (C=O) groups is 1. The van der Waals surface area contributed by atoms with Crippen molar-refractivity contribution >= 4 is 16.8 Å². The number of halogens is 1. The quantitative estimate of drug-likeness (QED) is 0.497. The predicted octanol–water partition coefficient (Wildman–Crippen LogP) is 5.02. The summed E-state index contributed by atoms with van der Waals surface area (Å²) in [5, 5.41) is 8.16. The zero-order chi connectivity index (χ0) is 22.1. The summed E-state index contributed by atoms with van der Waals surface area (Å²) in [6.45, 7) is 3.39. The maximum absolute atomic E-state index is 13.2. The highest BCUT2D eigenvalue weighted by Gasteiger charge is 2.28. The molecule has 1 N–H and O–H groups in total. The average molecular weight is 429 g/mol. The first-order chi connectivity index (χ1) is 15.6. The van der Waals surface area contributed by atoms with E-state index >= 15 is 0 Å². The van der Waals surface area contributed by atoms with Gasteiger partial charge in [-0.05, 0) is 67.6 Å². The molecule has 32 heavy (non-hydrogen) atoms. The van der Waals surface area contributed by atoms with Crippen molar-refractivity contribution in [3.8, 4) is 0 Å². The van der Waals surface area contributed by atoms with Gasteiger partial charge >= 0.3 is 0 Å².